The molecule has 0 spiro atoms. The second-order valence-corrected chi connectivity index (χ2v) is 4.38. The fourth-order valence-corrected chi connectivity index (χ4v) is 2.08. The van der Waals surface area contributed by atoms with Crippen molar-refractivity contribution >= 4 is 5.69 Å². The molecule has 0 amide bonds. The van der Waals surface area contributed by atoms with Crippen molar-refractivity contribution < 1.29 is 8.78 Å². The van der Waals surface area contributed by atoms with Crippen LogP contribution in [0, 0.1) is 23.0 Å². The highest BCUT2D eigenvalue weighted by Crippen LogP contribution is 2.22. The molecule has 0 bridgehead atoms. The van der Waals surface area contributed by atoms with Crippen LogP contribution in [0.3, 0.4) is 0 Å². The molecule has 0 aliphatic carbocycles. The molecule has 0 N–H and O–H groups in total. The number of anilines is 1. The molecule has 0 aliphatic heterocycles. The molecule has 0 unspecified atom stereocenters. The SMILES string of the molecule is CCN(Cc1cc(F)ccc1C#N)c1ccccc1F. The quantitative estimate of drug-likeness (QED) is 0.845. The lowest BCUT2D eigenvalue weighted by Crippen LogP contribution is -2.23. The Balaban J connectivity index is 2.34. The van der Waals surface area contributed by atoms with Gasteiger partial charge in [-0.05, 0) is 42.8 Å². The first-order chi connectivity index (χ1) is 9.65. The van der Waals surface area contributed by atoms with Crippen molar-refractivity contribution in [1.82, 2.24) is 0 Å². The van der Waals surface area contributed by atoms with Gasteiger partial charge in [0, 0.05) is 13.1 Å². The largest absolute Gasteiger partial charge is 0.365 e. The Morgan fingerprint density at radius 2 is 1.90 bits per heavy atom. The second kappa shape index (κ2) is 6.16. The topological polar surface area (TPSA) is 27.0 Å². The van der Waals surface area contributed by atoms with E-state index >= 15 is 0 Å². The Labute approximate surface area is 116 Å². The minimum absolute atomic E-state index is 0.290. The van der Waals surface area contributed by atoms with Crippen LogP contribution < -0.4 is 4.90 Å². The van der Waals surface area contributed by atoms with Crippen molar-refractivity contribution in [2.24, 2.45) is 0 Å². The highest BCUT2D eigenvalue weighted by Gasteiger charge is 2.12. The van der Waals surface area contributed by atoms with Crippen LogP contribution in [0.25, 0.3) is 0 Å². The van der Waals surface area contributed by atoms with Crippen molar-refractivity contribution in [2.45, 2.75) is 13.5 Å². The molecule has 20 heavy (non-hydrogen) atoms. The minimum atomic E-state index is -0.399. The fourth-order valence-electron chi connectivity index (χ4n) is 2.08. The van der Waals surface area contributed by atoms with E-state index in [-0.39, 0.29) is 12.4 Å². The predicted octanol–water partition coefficient (Wildman–Crippen LogP) is 3.86. The number of nitriles is 1. The predicted molar refractivity (Wildman–Crippen MR) is 74.2 cm³/mol. The van der Waals surface area contributed by atoms with Crippen molar-refractivity contribution in [3.05, 3.63) is 65.2 Å². The maximum absolute atomic E-state index is 13.8. The Hall–Kier alpha value is -2.41. The van der Waals surface area contributed by atoms with Crippen molar-refractivity contribution in [3.63, 3.8) is 0 Å². The van der Waals surface area contributed by atoms with E-state index in [2.05, 4.69) is 0 Å². The van der Waals surface area contributed by atoms with Gasteiger partial charge in [0.1, 0.15) is 11.6 Å². The van der Waals surface area contributed by atoms with Gasteiger partial charge in [0.2, 0.25) is 0 Å². The lowest BCUT2D eigenvalue weighted by atomic mass is 10.1. The highest BCUT2D eigenvalue weighted by atomic mass is 19.1. The summed E-state index contributed by atoms with van der Waals surface area (Å²) in [6, 6.07) is 12.5. The monoisotopic (exact) mass is 272 g/mol. The van der Waals surface area contributed by atoms with Crippen molar-refractivity contribution in [3.8, 4) is 6.07 Å². The van der Waals surface area contributed by atoms with Crippen molar-refractivity contribution in [1.29, 1.82) is 5.26 Å². The number of hydrogen-bond acceptors (Lipinski definition) is 2. The molecule has 2 rings (SSSR count). The third kappa shape index (κ3) is 2.94. The van der Waals surface area contributed by atoms with E-state index in [1.807, 2.05) is 13.0 Å². The van der Waals surface area contributed by atoms with Crippen LogP contribution in [0.5, 0.6) is 0 Å². The molecule has 0 radical (unpaired) electrons. The lowest BCUT2D eigenvalue weighted by Gasteiger charge is -2.24. The summed E-state index contributed by atoms with van der Waals surface area (Å²) in [6.45, 7) is 2.73. The summed E-state index contributed by atoms with van der Waals surface area (Å²) >= 11 is 0. The summed E-state index contributed by atoms with van der Waals surface area (Å²) in [7, 11) is 0. The molecule has 2 aromatic rings. The smallest absolute Gasteiger partial charge is 0.146 e. The molecule has 0 heterocycles. The zero-order chi connectivity index (χ0) is 14.5. The second-order valence-electron chi connectivity index (χ2n) is 4.38. The zero-order valence-corrected chi connectivity index (χ0v) is 11.1. The summed E-state index contributed by atoms with van der Waals surface area (Å²) in [5.74, 6) is -0.729. The molecule has 2 aromatic carbocycles. The Kier molecular flexibility index (Phi) is 4.31. The van der Waals surface area contributed by atoms with Crippen LogP contribution in [0.1, 0.15) is 18.1 Å². The molecular weight excluding hydrogens is 258 g/mol. The summed E-state index contributed by atoms with van der Waals surface area (Å²) in [6.07, 6.45) is 0. The van der Waals surface area contributed by atoms with Gasteiger partial charge in [-0.15, -0.1) is 0 Å². The molecule has 0 atom stereocenters. The van der Waals surface area contributed by atoms with Crippen LogP contribution in [0.4, 0.5) is 14.5 Å². The maximum atomic E-state index is 13.8. The molecule has 0 fully saturated rings. The third-order valence-corrected chi connectivity index (χ3v) is 3.12. The summed E-state index contributed by atoms with van der Waals surface area (Å²) in [5, 5.41) is 9.06. The number of hydrogen-bond donors (Lipinski definition) is 0. The molecule has 102 valence electrons. The molecule has 0 aliphatic rings. The minimum Gasteiger partial charge on any atom is -0.365 e. The summed E-state index contributed by atoms with van der Waals surface area (Å²) in [5.41, 5.74) is 1.40. The first-order valence-electron chi connectivity index (χ1n) is 6.33. The summed E-state index contributed by atoms with van der Waals surface area (Å²) < 4.78 is 27.1. The number of nitrogens with zero attached hydrogens (tertiary/aromatic N) is 2. The first-order valence-corrected chi connectivity index (χ1v) is 6.33. The van der Waals surface area contributed by atoms with E-state index in [0.29, 0.717) is 23.4 Å². The van der Waals surface area contributed by atoms with Gasteiger partial charge < -0.3 is 4.90 Å². The number of benzene rings is 2. The van der Waals surface area contributed by atoms with E-state index in [4.69, 9.17) is 5.26 Å². The standard InChI is InChI=1S/C16H14F2N2/c1-2-20(16-6-4-3-5-15(16)18)11-13-9-14(17)8-7-12(13)10-19/h3-9H,2,11H2,1H3. The van der Waals surface area contributed by atoms with Crippen LogP contribution >= 0.6 is 0 Å². The average Bonchev–Trinajstić information content (AvgIpc) is 2.46. The van der Waals surface area contributed by atoms with Crippen LogP contribution in [0.15, 0.2) is 42.5 Å². The van der Waals surface area contributed by atoms with E-state index in [0.717, 1.165) is 0 Å². The van der Waals surface area contributed by atoms with Crippen molar-refractivity contribution in [2.75, 3.05) is 11.4 Å². The van der Waals surface area contributed by atoms with Crippen LogP contribution in [-0.4, -0.2) is 6.54 Å². The van der Waals surface area contributed by atoms with Gasteiger partial charge in [-0.2, -0.15) is 5.26 Å². The number of para-hydroxylation sites is 1. The molecule has 0 aromatic heterocycles. The Morgan fingerprint density at radius 3 is 2.55 bits per heavy atom. The number of halogens is 2. The normalized spacial score (nSPS) is 10.1. The highest BCUT2D eigenvalue weighted by molar-refractivity contribution is 5.49. The molecule has 0 saturated carbocycles. The molecule has 4 heteroatoms. The summed E-state index contributed by atoms with van der Waals surface area (Å²) in [4.78, 5) is 1.77. The lowest BCUT2D eigenvalue weighted by molar-refractivity contribution is 0.614. The molecule has 2 nitrogen and oxygen atoms in total. The van der Waals surface area contributed by atoms with E-state index in [1.54, 1.807) is 23.1 Å². The van der Waals surface area contributed by atoms with Gasteiger partial charge in [0.15, 0.2) is 0 Å². The van der Waals surface area contributed by atoms with Gasteiger partial charge in [-0.3, -0.25) is 0 Å². The van der Waals surface area contributed by atoms with Gasteiger partial charge in [-0.1, -0.05) is 12.1 Å². The third-order valence-electron chi connectivity index (χ3n) is 3.12. The van der Waals surface area contributed by atoms with Gasteiger partial charge >= 0.3 is 0 Å². The number of rotatable bonds is 4. The zero-order valence-electron chi connectivity index (χ0n) is 11.1. The van der Waals surface area contributed by atoms with E-state index < -0.39 is 5.82 Å². The average molecular weight is 272 g/mol. The van der Waals surface area contributed by atoms with Gasteiger partial charge in [-0.25, -0.2) is 8.78 Å². The Bertz CT molecular complexity index is 647. The first kappa shape index (κ1) is 14.0. The van der Waals surface area contributed by atoms with Crippen LogP contribution in [-0.2, 0) is 6.54 Å². The van der Waals surface area contributed by atoms with Gasteiger partial charge in [0.25, 0.3) is 0 Å². The van der Waals surface area contributed by atoms with Crippen LogP contribution in [0.2, 0.25) is 0 Å². The van der Waals surface area contributed by atoms with Gasteiger partial charge in [0.05, 0.1) is 17.3 Å². The maximum Gasteiger partial charge on any atom is 0.146 e. The van der Waals surface area contributed by atoms with E-state index in [9.17, 15) is 8.78 Å². The fraction of sp³-hybridized carbons (Fsp3) is 0.188. The molecular formula is C16H14F2N2. The van der Waals surface area contributed by atoms with E-state index in [1.165, 1.54) is 24.3 Å². The molecule has 0 saturated heterocycles. The Morgan fingerprint density at radius 1 is 1.15 bits per heavy atom.